The molecule has 0 heterocycles. The van der Waals surface area contributed by atoms with E-state index in [1.807, 2.05) is 0 Å². The van der Waals surface area contributed by atoms with Gasteiger partial charge < -0.3 is 10.2 Å². The van der Waals surface area contributed by atoms with Crippen LogP contribution in [0.15, 0.2) is 0 Å². The fourth-order valence-electron chi connectivity index (χ4n) is 0.773. The molecule has 1 aliphatic carbocycles. The predicted molar refractivity (Wildman–Crippen MR) is 43.0 cm³/mol. The molecule has 12 heavy (non-hydrogen) atoms. The first kappa shape index (κ1) is 9.91. The SMILES string of the molecule is O=S(=O)(NC[C@@H](O)CO)C1CC1. The molecular formula is C6H13NO4S. The summed E-state index contributed by atoms with van der Waals surface area (Å²) in [5, 5.41) is 17.0. The minimum atomic E-state index is -3.21. The Morgan fingerprint density at radius 2 is 2.08 bits per heavy atom. The van der Waals surface area contributed by atoms with E-state index in [1.165, 1.54) is 0 Å². The molecule has 5 nitrogen and oxygen atoms in total. The lowest BCUT2D eigenvalue weighted by molar-refractivity contribution is 0.0988. The Balaban J connectivity index is 2.30. The van der Waals surface area contributed by atoms with Gasteiger partial charge in [-0.1, -0.05) is 0 Å². The summed E-state index contributed by atoms with van der Waals surface area (Å²) in [4.78, 5) is 0. The summed E-state index contributed by atoms with van der Waals surface area (Å²) in [6.45, 7) is -0.525. The van der Waals surface area contributed by atoms with E-state index in [0.29, 0.717) is 12.8 Å². The van der Waals surface area contributed by atoms with Crippen molar-refractivity contribution in [3.05, 3.63) is 0 Å². The highest BCUT2D eigenvalue weighted by atomic mass is 32.2. The fraction of sp³-hybridized carbons (Fsp3) is 1.00. The van der Waals surface area contributed by atoms with Crippen LogP contribution < -0.4 is 4.72 Å². The van der Waals surface area contributed by atoms with Gasteiger partial charge in [-0.25, -0.2) is 13.1 Å². The Morgan fingerprint density at radius 1 is 1.50 bits per heavy atom. The second-order valence-electron chi connectivity index (χ2n) is 2.93. The van der Waals surface area contributed by atoms with Gasteiger partial charge in [-0.2, -0.15) is 0 Å². The Morgan fingerprint density at radius 3 is 2.50 bits per heavy atom. The van der Waals surface area contributed by atoms with Crippen LogP contribution in [0, 0.1) is 0 Å². The van der Waals surface area contributed by atoms with Crippen molar-refractivity contribution in [1.82, 2.24) is 4.72 Å². The smallest absolute Gasteiger partial charge is 0.214 e. The minimum absolute atomic E-state index is 0.102. The molecule has 0 unspecified atom stereocenters. The first-order chi connectivity index (χ1) is 5.56. The zero-order valence-corrected chi connectivity index (χ0v) is 7.42. The van der Waals surface area contributed by atoms with Gasteiger partial charge in [0.05, 0.1) is 18.0 Å². The number of sulfonamides is 1. The predicted octanol–water partition coefficient (Wildman–Crippen LogP) is -1.58. The molecule has 1 rings (SSSR count). The fourth-order valence-corrected chi connectivity index (χ4v) is 2.19. The molecule has 1 atom stereocenters. The molecule has 0 aliphatic heterocycles. The molecular weight excluding hydrogens is 182 g/mol. The third kappa shape index (κ3) is 2.71. The number of aliphatic hydroxyl groups excluding tert-OH is 2. The lowest BCUT2D eigenvalue weighted by atomic mass is 10.4. The van der Waals surface area contributed by atoms with Gasteiger partial charge in [0.15, 0.2) is 0 Å². The lowest BCUT2D eigenvalue weighted by Gasteiger charge is -2.08. The molecule has 1 fully saturated rings. The highest BCUT2D eigenvalue weighted by Crippen LogP contribution is 2.27. The third-order valence-electron chi connectivity index (χ3n) is 1.69. The number of nitrogens with one attached hydrogen (secondary N) is 1. The second kappa shape index (κ2) is 3.69. The molecule has 0 saturated heterocycles. The van der Waals surface area contributed by atoms with Crippen LogP contribution in [0.2, 0.25) is 0 Å². The van der Waals surface area contributed by atoms with Crippen molar-refractivity contribution in [2.45, 2.75) is 24.2 Å². The molecule has 72 valence electrons. The maximum Gasteiger partial charge on any atom is 0.214 e. The molecule has 1 saturated carbocycles. The molecule has 0 aromatic heterocycles. The monoisotopic (exact) mass is 195 g/mol. The van der Waals surface area contributed by atoms with Gasteiger partial charge in [-0.3, -0.25) is 0 Å². The van der Waals surface area contributed by atoms with Gasteiger partial charge in [0.1, 0.15) is 0 Å². The zero-order valence-electron chi connectivity index (χ0n) is 6.60. The molecule has 0 aromatic carbocycles. The summed E-state index contributed by atoms with van der Waals surface area (Å²) in [7, 11) is -3.21. The van der Waals surface area contributed by atoms with E-state index in [4.69, 9.17) is 10.2 Å². The maximum atomic E-state index is 11.1. The Labute approximate surface area is 71.5 Å². The van der Waals surface area contributed by atoms with Crippen LogP contribution >= 0.6 is 0 Å². The van der Waals surface area contributed by atoms with Crippen LogP contribution in [-0.2, 0) is 10.0 Å². The van der Waals surface area contributed by atoms with Crippen molar-refractivity contribution >= 4 is 10.0 Å². The van der Waals surface area contributed by atoms with Crippen molar-refractivity contribution in [3.8, 4) is 0 Å². The van der Waals surface area contributed by atoms with Crippen LogP contribution in [0.3, 0.4) is 0 Å². The topological polar surface area (TPSA) is 86.6 Å². The van der Waals surface area contributed by atoms with Gasteiger partial charge in [-0.05, 0) is 12.8 Å². The van der Waals surface area contributed by atoms with Crippen molar-refractivity contribution in [1.29, 1.82) is 0 Å². The maximum absolute atomic E-state index is 11.1. The van der Waals surface area contributed by atoms with E-state index in [1.54, 1.807) is 0 Å². The van der Waals surface area contributed by atoms with E-state index in [9.17, 15) is 8.42 Å². The highest BCUT2D eigenvalue weighted by Gasteiger charge is 2.35. The van der Waals surface area contributed by atoms with Crippen LogP contribution in [-0.4, -0.2) is 43.1 Å². The van der Waals surface area contributed by atoms with E-state index >= 15 is 0 Å². The van der Waals surface area contributed by atoms with Gasteiger partial charge >= 0.3 is 0 Å². The summed E-state index contributed by atoms with van der Waals surface area (Å²) in [6, 6.07) is 0. The molecule has 1 aliphatic rings. The van der Waals surface area contributed by atoms with E-state index in [-0.39, 0.29) is 11.8 Å². The zero-order chi connectivity index (χ0) is 9.19. The average molecular weight is 195 g/mol. The Bertz CT molecular complexity index is 234. The van der Waals surface area contributed by atoms with Gasteiger partial charge in [0.25, 0.3) is 0 Å². The van der Waals surface area contributed by atoms with Gasteiger partial charge in [0, 0.05) is 6.54 Å². The number of rotatable bonds is 5. The molecule has 0 amide bonds. The van der Waals surface area contributed by atoms with Crippen LogP contribution in [0.1, 0.15) is 12.8 Å². The highest BCUT2D eigenvalue weighted by molar-refractivity contribution is 7.90. The number of aliphatic hydroxyl groups is 2. The van der Waals surface area contributed by atoms with Crippen molar-refractivity contribution in [3.63, 3.8) is 0 Å². The quantitative estimate of drug-likeness (QED) is 0.494. The Kier molecular flexibility index (Phi) is 3.05. The van der Waals surface area contributed by atoms with E-state index < -0.39 is 22.7 Å². The molecule has 0 radical (unpaired) electrons. The summed E-state index contributed by atoms with van der Waals surface area (Å²) in [6.07, 6.45) is 0.397. The molecule has 0 spiro atoms. The van der Waals surface area contributed by atoms with Crippen LogP contribution in [0.4, 0.5) is 0 Å². The first-order valence-corrected chi connectivity index (χ1v) is 5.38. The normalized spacial score (nSPS) is 20.8. The lowest BCUT2D eigenvalue weighted by Crippen LogP contribution is -2.35. The molecule has 0 aromatic rings. The van der Waals surface area contributed by atoms with Crippen molar-refractivity contribution in [2.24, 2.45) is 0 Å². The van der Waals surface area contributed by atoms with Gasteiger partial charge in [0.2, 0.25) is 10.0 Å². The average Bonchev–Trinajstić information content (AvgIpc) is 2.82. The number of hydrogen-bond acceptors (Lipinski definition) is 4. The van der Waals surface area contributed by atoms with E-state index in [2.05, 4.69) is 4.72 Å². The second-order valence-corrected chi connectivity index (χ2v) is 4.97. The van der Waals surface area contributed by atoms with Gasteiger partial charge in [-0.15, -0.1) is 0 Å². The summed E-state index contributed by atoms with van der Waals surface area (Å²) in [5.74, 6) is 0. The third-order valence-corrected chi connectivity index (χ3v) is 3.61. The minimum Gasteiger partial charge on any atom is -0.394 e. The van der Waals surface area contributed by atoms with Crippen LogP contribution in [0.5, 0.6) is 0 Å². The van der Waals surface area contributed by atoms with Crippen molar-refractivity contribution < 1.29 is 18.6 Å². The number of hydrogen-bond donors (Lipinski definition) is 3. The van der Waals surface area contributed by atoms with Crippen molar-refractivity contribution in [2.75, 3.05) is 13.2 Å². The van der Waals surface area contributed by atoms with Crippen LogP contribution in [0.25, 0.3) is 0 Å². The summed E-state index contributed by atoms with van der Waals surface area (Å²) < 4.78 is 24.5. The largest absolute Gasteiger partial charge is 0.394 e. The Hall–Kier alpha value is -0.170. The first-order valence-electron chi connectivity index (χ1n) is 3.83. The summed E-state index contributed by atoms with van der Waals surface area (Å²) in [5.41, 5.74) is 0. The standard InChI is InChI=1S/C6H13NO4S/c8-4-5(9)3-7-12(10,11)6-1-2-6/h5-9H,1-4H2/t5-/m1/s1. The van der Waals surface area contributed by atoms with E-state index in [0.717, 1.165) is 0 Å². The summed E-state index contributed by atoms with van der Waals surface area (Å²) >= 11 is 0. The molecule has 3 N–H and O–H groups in total. The molecule has 6 heteroatoms. The molecule has 0 bridgehead atoms.